The van der Waals surface area contributed by atoms with E-state index in [-0.39, 0.29) is 12.7 Å². The van der Waals surface area contributed by atoms with Crippen molar-refractivity contribution in [2.75, 3.05) is 26.4 Å². The molecule has 0 aliphatic carbocycles. The largest absolute Gasteiger partial charge is 0.447 e. The maximum absolute atomic E-state index is 11.8. The van der Waals surface area contributed by atoms with Crippen LogP contribution >= 0.6 is 0 Å². The van der Waals surface area contributed by atoms with Gasteiger partial charge in [-0.1, -0.05) is 83.6 Å². The van der Waals surface area contributed by atoms with Crippen molar-refractivity contribution in [3.63, 3.8) is 0 Å². The zero-order valence-electron chi connectivity index (χ0n) is 20.8. The monoisotopic (exact) mass is 462 g/mol. The second kappa shape index (κ2) is 18.7. The Hall–Kier alpha value is -1.66. The molecule has 1 aliphatic rings. The van der Waals surface area contributed by atoms with E-state index in [0.717, 1.165) is 31.7 Å². The molecule has 1 aromatic heterocycles. The van der Waals surface area contributed by atoms with E-state index in [1.54, 1.807) is 6.20 Å². The first-order valence-corrected chi connectivity index (χ1v) is 13.3. The molecule has 0 spiro atoms. The van der Waals surface area contributed by atoms with Gasteiger partial charge in [0.25, 0.3) is 0 Å². The minimum atomic E-state index is -0.434. The Morgan fingerprint density at radius 2 is 1.70 bits per heavy atom. The SMILES string of the molecule is CCCCCCCCCCCCCCOC[C@@H]1CO[C@@H](COC(=O)NCc2ccccn2)C1. The second-order valence-corrected chi connectivity index (χ2v) is 9.29. The number of nitrogens with zero attached hydrogens (tertiary/aromatic N) is 1. The van der Waals surface area contributed by atoms with E-state index in [1.165, 1.54) is 70.6 Å². The predicted molar refractivity (Wildman–Crippen MR) is 132 cm³/mol. The molecule has 2 heterocycles. The van der Waals surface area contributed by atoms with Crippen LogP contribution in [0.25, 0.3) is 0 Å². The van der Waals surface area contributed by atoms with Crippen molar-refractivity contribution in [2.45, 2.75) is 103 Å². The summed E-state index contributed by atoms with van der Waals surface area (Å²) in [5, 5.41) is 2.71. The van der Waals surface area contributed by atoms with E-state index in [1.807, 2.05) is 18.2 Å². The van der Waals surface area contributed by atoms with Gasteiger partial charge in [0, 0.05) is 18.7 Å². The first kappa shape index (κ1) is 27.6. The van der Waals surface area contributed by atoms with Gasteiger partial charge in [-0.3, -0.25) is 4.98 Å². The summed E-state index contributed by atoms with van der Waals surface area (Å²) >= 11 is 0. The van der Waals surface area contributed by atoms with Crippen LogP contribution in [0, 0.1) is 5.92 Å². The summed E-state index contributed by atoms with van der Waals surface area (Å²) in [5.74, 6) is 0.396. The summed E-state index contributed by atoms with van der Waals surface area (Å²) in [6, 6.07) is 5.60. The van der Waals surface area contributed by atoms with Crippen LogP contribution in [0.2, 0.25) is 0 Å². The molecule has 0 radical (unpaired) electrons. The first-order valence-electron chi connectivity index (χ1n) is 13.3. The molecule has 0 bridgehead atoms. The number of hydrogen-bond donors (Lipinski definition) is 1. The fourth-order valence-corrected chi connectivity index (χ4v) is 4.19. The Balaban J connectivity index is 1.34. The Labute approximate surface area is 201 Å². The number of alkyl carbamates (subject to hydrolysis) is 1. The highest BCUT2D eigenvalue weighted by Gasteiger charge is 2.26. The van der Waals surface area contributed by atoms with Gasteiger partial charge >= 0.3 is 6.09 Å². The van der Waals surface area contributed by atoms with Crippen LogP contribution in [0.15, 0.2) is 24.4 Å². The molecular formula is C27H46N2O4. The summed E-state index contributed by atoms with van der Waals surface area (Å²) in [4.78, 5) is 16.0. The fraction of sp³-hybridized carbons (Fsp3) is 0.778. The van der Waals surface area contributed by atoms with E-state index in [9.17, 15) is 4.79 Å². The highest BCUT2D eigenvalue weighted by molar-refractivity contribution is 5.67. The van der Waals surface area contributed by atoms with Gasteiger partial charge in [0.2, 0.25) is 0 Å². The molecule has 2 atom stereocenters. The summed E-state index contributed by atoms with van der Waals surface area (Å²) in [6.07, 6.45) is 18.4. The van der Waals surface area contributed by atoms with Gasteiger partial charge < -0.3 is 19.5 Å². The third kappa shape index (κ3) is 14.3. The number of unbranched alkanes of at least 4 members (excludes halogenated alkanes) is 11. The molecule has 0 unspecified atom stereocenters. The number of hydrogen-bond acceptors (Lipinski definition) is 5. The molecule has 1 aromatic rings. The van der Waals surface area contributed by atoms with Crippen LogP contribution in [0.3, 0.4) is 0 Å². The van der Waals surface area contributed by atoms with Crippen molar-refractivity contribution in [3.8, 4) is 0 Å². The quantitative estimate of drug-likeness (QED) is 0.240. The van der Waals surface area contributed by atoms with Gasteiger partial charge in [0.05, 0.1) is 31.6 Å². The average molecular weight is 463 g/mol. The van der Waals surface area contributed by atoms with Gasteiger partial charge in [-0.15, -0.1) is 0 Å². The third-order valence-corrected chi connectivity index (χ3v) is 6.20. The van der Waals surface area contributed by atoms with Crippen LogP contribution < -0.4 is 5.32 Å². The van der Waals surface area contributed by atoms with E-state index < -0.39 is 6.09 Å². The molecule has 1 fully saturated rings. The first-order chi connectivity index (χ1) is 16.3. The van der Waals surface area contributed by atoms with Gasteiger partial charge in [-0.2, -0.15) is 0 Å². The second-order valence-electron chi connectivity index (χ2n) is 9.29. The van der Waals surface area contributed by atoms with Gasteiger partial charge in [0.15, 0.2) is 0 Å². The average Bonchev–Trinajstić information content (AvgIpc) is 3.30. The highest BCUT2D eigenvalue weighted by atomic mass is 16.6. The predicted octanol–water partition coefficient (Wildman–Crippen LogP) is 6.43. The zero-order valence-corrected chi connectivity index (χ0v) is 20.8. The normalized spacial score (nSPS) is 17.8. The number of aromatic nitrogens is 1. The van der Waals surface area contributed by atoms with Crippen molar-refractivity contribution in [3.05, 3.63) is 30.1 Å². The minimum Gasteiger partial charge on any atom is -0.447 e. The maximum Gasteiger partial charge on any atom is 0.407 e. The Morgan fingerprint density at radius 3 is 2.36 bits per heavy atom. The maximum atomic E-state index is 11.8. The van der Waals surface area contributed by atoms with Gasteiger partial charge in [0.1, 0.15) is 6.61 Å². The molecule has 1 N–H and O–H groups in total. The lowest BCUT2D eigenvalue weighted by Crippen LogP contribution is -2.27. The summed E-state index contributed by atoms with van der Waals surface area (Å²) in [5.41, 5.74) is 0.803. The van der Waals surface area contributed by atoms with Crippen LogP contribution in [0.4, 0.5) is 4.79 Å². The lowest BCUT2D eigenvalue weighted by molar-refractivity contribution is 0.0391. The number of carbonyl (C=O) groups is 1. The third-order valence-electron chi connectivity index (χ3n) is 6.20. The van der Waals surface area contributed by atoms with Crippen molar-refractivity contribution in [2.24, 2.45) is 5.92 Å². The van der Waals surface area contributed by atoms with Crippen LogP contribution in [0.5, 0.6) is 0 Å². The molecule has 1 saturated heterocycles. The molecule has 33 heavy (non-hydrogen) atoms. The minimum absolute atomic E-state index is 0.0363. The summed E-state index contributed by atoms with van der Waals surface area (Å²) in [6.45, 7) is 5.17. The molecule has 6 heteroatoms. The Kier molecular flexibility index (Phi) is 15.7. The van der Waals surface area contributed by atoms with Crippen molar-refractivity contribution in [1.29, 1.82) is 0 Å². The fourth-order valence-electron chi connectivity index (χ4n) is 4.19. The molecule has 6 nitrogen and oxygen atoms in total. The lowest BCUT2D eigenvalue weighted by Gasteiger charge is -2.11. The molecule has 0 saturated carbocycles. The smallest absolute Gasteiger partial charge is 0.407 e. The number of rotatable bonds is 19. The van der Waals surface area contributed by atoms with Crippen molar-refractivity contribution >= 4 is 6.09 Å². The number of ether oxygens (including phenoxy) is 3. The van der Waals surface area contributed by atoms with Crippen LogP contribution in [-0.4, -0.2) is 43.6 Å². The topological polar surface area (TPSA) is 69.7 Å². The standard InChI is InChI=1S/C27H46N2O4/c1-2-3-4-5-6-7-8-9-10-11-12-15-18-31-21-24-19-26(32-22-24)23-33-27(30)29-20-25-16-13-14-17-28-25/h13-14,16-17,24,26H,2-12,15,18-23H2,1H3,(H,29,30)/t24-,26-/m1/s1. The van der Waals surface area contributed by atoms with Crippen LogP contribution in [0.1, 0.15) is 96.1 Å². The molecular weight excluding hydrogens is 416 g/mol. The number of amides is 1. The van der Waals surface area contributed by atoms with Gasteiger partial charge in [-0.05, 0) is 25.0 Å². The summed E-state index contributed by atoms with van der Waals surface area (Å²) in [7, 11) is 0. The molecule has 188 valence electrons. The molecule has 0 aromatic carbocycles. The van der Waals surface area contributed by atoms with E-state index in [4.69, 9.17) is 14.2 Å². The number of carbonyl (C=O) groups excluding carboxylic acids is 1. The van der Waals surface area contributed by atoms with E-state index >= 15 is 0 Å². The molecule has 1 amide bonds. The summed E-state index contributed by atoms with van der Waals surface area (Å²) < 4.78 is 16.9. The van der Waals surface area contributed by atoms with E-state index in [0.29, 0.717) is 19.1 Å². The van der Waals surface area contributed by atoms with E-state index in [2.05, 4.69) is 17.2 Å². The number of pyridine rings is 1. The van der Waals surface area contributed by atoms with Crippen molar-refractivity contribution in [1.82, 2.24) is 10.3 Å². The van der Waals surface area contributed by atoms with Crippen LogP contribution in [-0.2, 0) is 20.8 Å². The lowest BCUT2D eigenvalue weighted by atomic mass is 10.1. The Morgan fingerprint density at radius 1 is 1.00 bits per heavy atom. The highest BCUT2D eigenvalue weighted by Crippen LogP contribution is 2.20. The molecule has 2 rings (SSSR count). The van der Waals surface area contributed by atoms with Gasteiger partial charge in [-0.25, -0.2) is 4.79 Å². The Bertz CT molecular complexity index is 599. The number of nitrogens with one attached hydrogen (secondary N) is 1. The zero-order chi connectivity index (χ0) is 23.4. The van der Waals surface area contributed by atoms with Crippen molar-refractivity contribution < 1.29 is 19.0 Å². The molecule has 1 aliphatic heterocycles.